The number of aromatic carboxylic acids is 1. The van der Waals surface area contributed by atoms with Crippen molar-refractivity contribution < 1.29 is 18.3 Å². The van der Waals surface area contributed by atoms with Gasteiger partial charge in [-0.3, -0.25) is 4.72 Å². The molecule has 0 aromatic heterocycles. The third-order valence-corrected chi connectivity index (χ3v) is 4.82. The maximum absolute atomic E-state index is 12.3. The smallest absolute Gasteiger partial charge is 0.335 e. The van der Waals surface area contributed by atoms with Gasteiger partial charge in [0, 0.05) is 10.6 Å². The molecule has 0 aliphatic rings. The number of benzene rings is 2. The summed E-state index contributed by atoms with van der Waals surface area (Å²) < 4.78 is 27.0. The van der Waals surface area contributed by atoms with Crippen LogP contribution in [-0.2, 0) is 10.0 Å². The molecule has 110 valence electrons. The van der Waals surface area contributed by atoms with Crippen LogP contribution in [0.3, 0.4) is 0 Å². The number of carboxylic acids is 1. The first-order chi connectivity index (χ1) is 9.92. The van der Waals surface area contributed by atoms with E-state index in [-0.39, 0.29) is 10.5 Å². The highest BCUT2D eigenvalue weighted by Crippen LogP contribution is 2.22. The highest BCUT2D eigenvalue weighted by Gasteiger charge is 2.16. The average molecular weight is 323 g/mol. The van der Waals surface area contributed by atoms with Crippen molar-refractivity contribution in [2.75, 3.05) is 11.0 Å². The Balaban J connectivity index is 2.33. The van der Waals surface area contributed by atoms with E-state index >= 15 is 0 Å². The number of hydrogen-bond acceptors (Lipinski definition) is 4. The maximum Gasteiger partial charge on any atom is 0.335 e. The van der Waals surface area contributed by atoms with Crippen molar-refractivity contribution in [3.05, 3.63) is 54.1 Å². The normalized spacial score (nSPS) is 11.1. The third kappa shape index (κ3) is 3.77. The summed E-state index contributed by atoms with van der Waals surface area (Å²) >= 11 is 1.50. The van der Waals surface area contributed by atoms with E-state index in [0.717, 1.165) is 11.0 Å². The van der Waals surface area contributed by atoms with Crippen LogP contribution < -0.4 is 4.72 Å². The molecule has 5 nitrogen and oxygen atoms in total. The second-order valence-electron chi connectivity index (χ2n) is 4.17. The number of hydrogen-bond donors (Lipinski definition) is 2. The van der Waals surface area contributed by atoms with Gasteiger partial charge in [0.2, 0.25) is 0 Å². The van der Waals surface area contributed by atoms with E-state index in [1.54, 1.807) is 18.2 Å². The second-order valence-corrected chi connectivity index (χ2v) is 6.73. The van der Waals surface area contributed by atoms with Gasteiger partial charge in [-0.05, 0) is 42.7 Å². The van der Waals surface area contributed by atoms with E-state index < -0.39 is 16.0 Å². The summed E-state index contributed by atoms with van der Waals surface area (Å²) in [7, 11) is -3.82. The van der Waals surface area contributed by atoms with Gasteiger partial charge in [-0.25, -0.2) is 13.2 Å². The Morgan fingerprint density at radius 3 is 2.52 bits per heavy atom. The van der Waals surface area contributed by atoms with Crippen LogP contribution in [0.1, 0.15) is 10.4 Å². The Labute approximate surface area is 127 Å². The highest BCUT2D eigenvalue weighted by atomic mass is 32.2. The molecule has 2 N–H and O–H groups in total. The van der Waals surface area contributed by atoms with Crippen molar-refractivity contribution in [3.8, 4) is 0 Å². The maximum atomic E-state index is 12.3. The van der Waals surface area contributed by atoms with Gasteiger partial charge < -0.3 is 5.11 Å². The van der Waals surface area contributed by atoms with E-state index in [2.05, 4.69) is 4.72 Å². The summed E-state index contributed by atoms with van der Waals surface area (Å²) in [5.41, 5.74) is 0.360. The summed E-state index contributed by atoms with van der Waals surface area (Å²) in [6.07, 6.45) is 1.89. The van der Waals surface area contributed by atoms with Crippen LogP contribution in [0.25, 0.3) is 0 Å². The predicted octanol–water partition coefficient (Wildman–Crippen LogP) is 2.91. The molecule has 0 atom stereocenters. The van der Waals surface area contributed by atoms with Crippen molar-refractivity contribution in [2.45, 2.75) is 9.79 Å². The van der Waals surface area contributed by atoms with Crippen LogP contribution in [0, 0.1) is 0 Å². The van der Waals surface area contributed by atoms with E-state index in [4.69, 9.17) is 5.11 Å². The predicted molar refractivity (Wildman–Crippen MR) is 82.4 cm³/mol. The van der Waals surface area contributed by atoms with E-state index in [1.165, 1.54) is 30.0 Å². The third-order valence-electron chi connectivity index (χ3n) is 2.71. The lowest BCUT2D eigenvalue weighted by Crippen LogP contribution is -2.13. The Morgan fingerprint density at radius 1 is 1.14 bits per heavy atom. The first-order valence-corrected chi connectivity index (χ1v) is 8.63. The Kier molecular flexibility index (Phi) is 4.54. The molecule has 0 amide bonds. The molecule has 21 heavy (non-hydrogen) atoms. The zero-order chi connectivity index (χ0) is 15.5. The number of rotatable bonds is 5. The first kappa shape index (κ1) is 15.4. The topological polar surface area (TPSA) is 83.5 Å². The van der Waals surface area contributed by atoms with Gasteiger partial charge >= 0.3 is 5.97 Å². The molecule has 0 saturated heterocycles. The Morgan fingerprint density at radius 2 is 1.86 bits per heavy atom. The number of carbonyl (C=O) groups is 1. The van der Waals surface area contributed by atoms with Gasteiger partial charge in [0.15, 0.2) is 0 Å². The molecule has 0 bridgehead atoms. The number of anilines is 1. The molecule has 0 aliphatic carbocycles. The summed E-state index contributed by atoms with van der Waals surface area (Å²) in [5, 5.41) is 8.92. The molecule has 7 heteroatoms. The number of thioether (sulfide) groups is 1. The van der Waals surface area contributed by atoms with Gasteiger partial charge in [-0.15, -0.1) is 11.8 Å². The molecule has 0 fully saturated rings. The standard InChI is InChI=1S/C14H13NO4S2/c1-20-12-6-3-5-11(9-12)15-21(18,19)13-7-2-4-10(8-13)14(16)17/h2-9,15H,1H3,(H,16,17). The van der Waals surface area contributed by atoms with E-state index in [9.17, 15) is 13.2 Å². The Bertz CT molecular complexity index is 772. The van der Waals surface area contributed by atoms with Crippen molar-refractivity contribution in [2.24, 2.45) is 0 Å². The molecule has 2 rings (SSSR count). The summed E-state index contributed by atoms with van der Waals surface area (Å²) in [6.45, 7) is 0. The molecule has 0 saturated carbocycles. The van der Waals surface area contributed by atoms with Crippen LogP contribution in [0.15, 0.2) is 58.3 Å². The van der Waals surface area contributed by atoms with Gasteiger partial charge in [-0.1, -0.05) is 12.1 Å². The fourth-order valence-corrected chi connectivity index (χ4v) is 3.25. The van der Waals surface area contributed by atoms with Crippen molar-refractivity contribution in [3.63, 3.8) is 0 Å². The minimum Gasteiger partial charge on any atom is -0.478 e. The molecule has 0 heterocycles. The van der Waals surface area contributed by atoms with Crippen LogP contribution in [0.5, 0.6) is 0 Å². The molecule has 0 aliphatic heterocycles. The van der Waals surface area contributed by atoms with Crippen LogP contribution in [0.4, 0.5) is 5.69 Å². The molecule has 0 unspecified atom stereocenters. The van der Waals surface area contributed by atoms with E-state index in [0.29, 0.717) is 5.69 Å². The second kappa shape index (κ2) is 6.19. The minimum atomic E-state index is -3.82. The largest absolute Gasteiger partial charge is 0.478 e. The number of nitrogens with one attached hydrogen (secondary N) is 1. The molecule has 2 aromatic carbocycles. The minimum absolute atomic E-state index is 0.0734. The Hall–Kier alpha value is -1.99. The molecular formula is C14H13NO4S2. The molecule has 0 spiro atoms. The van der Waals surface area contributed by atoms with Gasteiger partial charge in [0.05, 0.1) is 10.5 Å². The average Bonchev–Trinajstić information content (AvgIpc) is 2.47. The van der Waals surface area contributed by atoms with Gasteiger partial charge in [0.25, 0.3) is 10.0 Å². The van der Waals surface area contributed by atoms with Gasteiger partial charge in [-0.2, -0.15) is 0 Å². The lowest BCUT2D eigenvalue weighted by Gasteiger charge is -2.09. The van der Waals surface area contributed by atoms with Crippen molar-refractivity contribution >= 4 is 33.4 Å². The van der Waals surface area contributed by atoms with Gasteiger partial charge in [0.1, 0.15) is 0 Å². The monoisotopic (exact) mass is 323 g/mol. The van der Waals surface area contributed by atoms with Crippen LogP contribution in [0.2, 0.25) is 0 Å². The van der Waals surface area contributed by atoms with Crippen molar-refractivity contribution in [1.82, 2.24) is 0 Å². The van der Waals surface area contributed by atoms with Crippen LogP contribution >= 0.6 is 11.8 Å². The quantitative estimate of drug-likeness (QED) is 0.827. The lowest BCUT2D eigenvalue weighted by molar-refractivity contribution is 0.0696. The summed E-state index contributed by atoms with van der Waals surface area (Å²) in [5.74, 6) is -1.17. The zero-order valence-corrected chi connectivity index (χ0v) is 12.7. The lowest BCUT2D eigenvalue weighted by atomic mass is 10.2. The van der Waals surface area contributed by atoms with E-state index in [1.807, 2.05) is 12.3 Å². The summed E-state index contributed by atoms with van der Waals surface area (Å²) in [4.78, 5) is 11.7. The number of sulfonamides is 1. The first-order valence-electron chi connectivity index (χ1n) is 5.92. The van der Waals surface area contributed by atoms with Crippen molar-refractivity contribution in [1.29, 1.82) is 0 Å². The van der Waals surface area contributed by atoms with Crippen LogP contribution in [-0.4, -0.2) is 25.7 Å². The fourth-order valence-electron chi connectivity index (χ4n) is 1.70. The fraction of sp³-hybridized carbons (Fsp3) is 0.0714. The SMILES string of the molecule is CSc1cccc(NS(=O)(=O)c2cccc(C(=O)O)c2)c1. The number of carboxylic acid groups (broad SMARTS) is 1. The highest BCUT2D eigenvalue weighted by molar-refractivity contribution is 7.98. The molecular weight excluding hydrogens is 310 g/mol. The zero-order valence-electron chi connectivity index (χ0n) is 11.1. The summed E-state index contributed by atoms with van der Waals surface area (Å²) in [6, 6.07) is 12.2. The molecule has 0 radical (unpaired) electrons. The molecule has 2 aromatic rings.